The van der Waals surface area contributed by atoms with Crippen LogP contribution in [-0.4, -0.2) is 33.9 Å². The molecule has 2 aromatic heterocycles. The first-order valence-electron chi connectivity index (χ1n) is 8.10. The highest BCUT2D eigenvalue weighted by Gasteiger charge is 2.26. The van der Waals surface area contributed by atoms with Crippen molar-refractivity contribution in [2.45, 2.75) is 38.1 Å². The molecular weight excluding hydrogens is 310 g/mol. The van der Waals surface area contributed by atoms with Crippen molar-refractivity contribution in [2.75, 3.05) is 18.0 Å². The number of hydrogen-bond donors (Lipinski definition) is 1. The van der Waals surface area contributed by atoms with Crippen molar-refractivity contribution in [1.29, 1.82) is 0 Å². The van der Waals surface area contributed by atoms with E-state index in [-0.39, 0.29) is 5.91 Å². The van der Waals surface area contributed by atoms with Gasteiger partial charge in [0, 0.05) is 30.6 Å². The summed E-state index contributed by atoms with van der Waals surface area (Å²) in [7, 11) is 0. The Kier molecular flexibility index (Phi) is 3.95. The lowest BCUT2D eigenvalue weighted by atomic mass is 10.3. The molecule has 2 fully saturated rings. The molecule has 7 heteroatoms. The van der Waals surface area contributed by atoms with E-state index >= 15 is 0 Å². The highest BCUT2D eigenvalue weighted by molar-refractivity contribution is 7.09. The molecule has 0 radical (unpaired) electrons. The summed E-state index contributed by atoms with van der Waals surface area (Å²) in [6, 6.07) is 1.66. The van der Waals surface area contributed by atoms with Gasteiger partial charge in [-0.05, 0) is 31.7 Å². The number of nitrogens with one attached hydrogen (secondary N) is 1. The number of hydrogen-bond acceptors (Lipinski definition) is 6. The van der Waals surface area contributed by atoms with Gasteiger partial charge in [-0.1, -0.05) is 0 Å². The molecule has 2 aliphatic rings. The van der Waals surface area contributed by atoms with E-state index in [4.69, 9.17) is 0 Å². The van der Waals surface area contributed by atoms with Gasteiger partial charge in [0.25, 0.3) is 5.91 Å². The third kappa shape index (κ3) is 3.34. The lowest BCUT2D eigenvalue weighted by molar-refractivity contribution is 0.0945. The number of carbonyl (C=O) groups excluding carboxylic acids is 1. The van der Waals surface area contributed by atoms with Gasteiger partial charge in [-0.15, -0.1) is 11.3 Å². The minimum absolute atomic E-state index is 0.170. The van der Waals surface area contributed by atoms with Gasteiger partial charge in [0.2, 0.25) is 5.95 Å². The van der Waals surface area contributed by atoms with Crippen LogP contribution in [0.3, 0.4) is 0 Å². The van der Waals surface area contributed by atoms with Crippen LogP contribution in [0, 0.1) is 0 Å². The fourth-order valence-electron chi connectivity index (χ4n) is 2.76. The van der Waals surface area contributed by atoms with Crippen LogP contribution in [0.25, 0.3) is 0 Å². The Labute approximate surface area is 139 Å². The van der Waals surface area contributed by atoms with Crippen molar-refractivity contribution >= 4 is 23.2 Å². The predicted molar refractivity (Wildman–Crippen MR) is 88.7 cm³/mol. The highest BCUT2D eigenvalue weighted by Crippen LogP contribution is 2.40. The maximum Gasteiger partial charge on any atom is 0.270 e. The maximum absolute atomic E-state index is 12.3. The minimum atomic E-state index is -0.170. The number of aromatic nitrogens is 3. The molecule has 3 heterocycles. The summed E-state index contributed by atoms with van der Waals surface area (Å²) in [6.07, 6.45) is 6.47. The maximum atomic E-state index is 12.3. The SMILES string of the molecule is O=C(NCc1nc(C2CC2)cs1)c1ccnc(N2CCCC2)n1. The van der Waals surface area contributed by atoms with Gasteiger partial charge in [0.05, 0.1) is 12.2 Å². The molecule has 1 aliphatic heterocycles. The van der Waals surface area contributed by atoms with E-state index in [0.717, 1.165) is 30.9 Å². The van der Waals surface area contributed by atoms with Gasteiger partial charge in [-0.2, -0.15) is 0 Å². The molecule has 0 bridgehead atoms. The summed E-state index contributed by atoms with van der Waals surface area (Å²) in [5.74, 6) is 1.14. The predicted octanol–water partition coefficient (Wildman–Crippen LogP) is 2.34. The largest absolute Gasteiger partial charge is 0.344 e. The third-order valence-corrected chi connectivity index (χ3v) is 5.10. The number of nitrogens with zero attached hydrogens (tertiary/aromatic N) is 4. The summed E-state index contributed by atoms with van der Waals surface area (Å²) < 4.78 is 0. The second kappa shape index (κ2) is 6.23. The molecule has 0 aromatic carbocycles. The number of thiazole rings is 1. The Bertz CT molecular complexity index is 706. The lowest BCUT2D eigenvalue weighted by Gasteiger charge is -2.15. The molecule has 1 N–H and O–H groups in total. The second-order valence-electron chi connectivity index (χ2n) is 6.06. The number of amides is 1. The third-order valence-electron chi connectivity index (χ3n) is 4.23. The molecule has 0 atom stereocenters. The van der Waals surface area contributed by atoms with Crippen molar-refractivity contribution in [3.8, 4) is 0 Å². The number of carbonyl (C=O) groups is 1. The molecule has 23 heavy (non-hydrogen) atoms. The van der Waals surface area contributed by atoms with Crippen LogP contribution in [0.4, 0.5) is 5.95 Å². The summed E-state index contributed by atoms with van der Waals surface area (Å²) in [5, 5.41) is 5.97. The van der Waals surface area contributed by atoms with Crippen LogP contribution >= 0.6 is 11.3 Å². The summed E-state index contributed by atoms with van der Waals surface area (Å²) in [5.41, 5.74) is 1.60. The van der Waals surface area contributed by atoms with Crippen molar-refractivity contribution in [3.63, 3.8) is 0 Å². The minimum Gasteiger partial charge on any atom is -0.344 e. The standard InChI is InChI=1S/C16H19N5OS/c22-15(18-9-14-19-13(10-23-14)11-3-4-11)12-5-6-17-16(20-12)21-7-1-2-8-21/h5-6,10-11H,1-4,7-9H2,(H,18,22). The molecule has 1 saturated heterocycles. The van der Waals surface area contributed by atoms with E-state index in [9.17, 15) is 4.79 Å². The van der Waals surface area contributed by atoms with Gasteiger partial charge < -0.3 is 10.2 Å². The molecule has 0 unspecified atom stereocenters. The zero-order valence-electron chi connectivity index (χ0n) is 12.9. The quantitative estimate of drug-likeness (QED) is 0.912. The molecule has 0 spiro atoms. The van der Waals surface area contributed by atoms with Gasteiger partial charge in [-0.25, -0.2) is 15.0 Å². The Morgan fingerprint density at radius 1 is 1.30 bits per heavy atom. The van der Waals surface area contributed by atoms with Crippen molar-refractivity contribution in [3.05, 3.63) is 34.0 Å². The summed E-state index contributed by atoms with van der Waals surface area (Å²) in [6.45, 7) is 2.39. The molecule has 1 amide bonds. The molecular formula is C16H19N5OS. The topological polar surface area (TPSA) is 71.0 Å². The van der Waals surface area contributed by atoms with E-state index in [0.29, 0.717) is 24.1 Å². The van der Waals surface area contributed by atoms with Crippen LogP contribution in [0.5, 0.6) is 0 Å². The fraction of sp³-hybridized carbons (Fsp3) is 0.500. The first-order chi connectivity index (χ1) is 11.3. The van der Waals surface area contributed by atoms with Gasteiger partial charge in [-0.3, -0.25) is 4.79 Å². The Morgan fingerprint density at radius 3 is 2.91 bits per heavy atom. The van der Waals surface area contributed by atoms with Crippen LogP contribution in [0.2, 0.25) is 0 Å². The molecule has 4 rings (SSSR count). The molecule has 1 saturated carbocycles. The average molecular weight is 329 g/mol. The summed E-state index contributed by atoms with van der Waals surface area (Å²) >= 11 is 1.61. The zero-order valence-corrected chi connectivity index (χ0v) is 13.7. The normalized spacial score (nSPS) is 17.5. The van der Waals surface area contributed by atoms with Gasteiger partial charge in [0.1, 0.15) is 10.7 Å². The van der Waals surface area contributed by atoms with E-state index < -0.39 is 0 Å². The molecule has 120 valence electrons. The Hall–Kier alpha value is -2.02. The van der Waals surface area contributed by atoms with Crippen molar-refractivity contribution in [1.82, 2.24) is 20.3 Å². The molecule has 6 nitrogen and oxygen atoms in total. The number of rotatable bonds is 5. The van der Waals surface area contributed by atoms with Crippen LogP contribution in [-0.2, 0) is 6.54 Å². The second-order valence-corrected chi connectivity index (χ2v) is 7.00. The van der Waals surface area contributed by atoms with E-state index in [1.165, 1.54) is 18.5 Å². The average Bonchev–Trinajstić information content (AvgIpc) is 3.11. The zero-order chi connectivity index (χ0) is 15.6. The fourth-order valence-corrected chi connectivity index (χ4v) is 3.58. The van der Waals surface area contributed by atoms with Gasteiger partial charge in [0.15, 0.2) is 0 Å². The molecule has 2 aromatic rings. The van der Waals surface area contributed by atoms with Gasteiger partial charge >= 0.3 is 0 Å². The first-order valence-corrected chi connectivity index (χ1v) is 8.98. The van der Waals surface area contributed by atoms with Crippen molar-refractivity contribution < 1.29 is 4.79 Å². The first kappa shape index (κ1) is 14.6. The van der Waals surface area contributed by atoms with Crippen LogP contribution in [0.15, 0.2) is 17.6 Å². The Morgan fingerprint density at radius 2 is 2.13 bits per heavy atom. The smallest absolute Gasteiger partial charge is 0.270 e. The summed E-state index contributed by atoms with van der Waals surface area (Å²) in [4.78, 5) is 27.7. The van der Waals surface area contributed by atoms with E-state index in [1.807, 2.05) is 0 Å². The Balaban J connectivity index is 1.38. The van der Waals surface area contributed by atoms with E-state index in [1.54, 1.807) is 23.6 Å². The monoisotopic (exact) mass is 329 g/mol. The molecule has 1 aliphatic carbocycles. The van der Waals surface area contributed by atoms with Crippen molar-refractivity contribution in [2.24, 2.45) is 0 Å². The van der Waals surface area contributed by atoms with Crippen LogP contribution in [0.1, 0.15) is 52.8 Å². The van der Waals surface area contributed by atoms with Crippen LogP contribution < -0.4 is 10.2 Å². The van der Waals surface area contributed by atoms with E-state index in [2.05, 4.69) is 30.5 Å². The highest BCUT2D eigenvalue weighted by atomic mass is 32.1. The lowest BCUT2D eigenvalue weighted by Crippen LogP contribution is -2.26. The number of anilines is 1.